The molecule has 0 saturated carbocycles. The van der Waals surface area contributed by atoms with Gasteiger partial charge in [0, 0.05) is 24.1 Å². The van der Waals surface area contributed by atoms with E-state index in [0.29, 0.717) is 6.54 Å². The number of carbonyl (C=O) groups is 2. The van der Waals surface area contributed by atoms with E-state index < -0.39 is 0 Å². The summed E-state index contributed by atoms with van der Waals surface area (Å²) >= 11 is 0. The van der Waals surface area contributed by atoms with Crippen molar-refractivity contribution in [2.75, 3.05) is 5.32 Å². The fourth-order valence-corrected chi connectivity index (χ4v) is 2.58. The lowest BCUT2D eigenvalue weighted by molar-refractivity contribution is -0.125. The summed E-state index contributed by atoms with van der Waals surface area (Å²) in [5.41, 5.74) is 1.77. The van der Waals surface area contributed by atoms with Gasteiger partial charge in [0.05, 0.1) is 0 Å². The predicted octanol–water partition coefficient (Wildman–Crippen LogP) is 3.64. The SMILES string of the molecule is CC[C@H](C)C(=O)Nc1cccc(CNC(=O)[C@H]2CC=CCC2)c1. The molecule has 0 fully saturated rings. The largest absolute Gasteiger partial charge is 0.352 e. The Kier molecular flexibility index (Phi) is 6.39. The van der Waals surface area contributed by atoms with Crippen molar-refractivity contribution < 1.29 is 9.59 Å². The predicted molar refractivity (Wildman–Crippen MR) is 92.9 cm³/mol. The van der Waals surface area contributed by atoms with Gasteiger partial charge >= 0.3 is 0 Å². The van der Waals surface area contributed by atoms with Crippen LogP contribution in [0.25, 0.3) is 0 Å². The van der Waals surface area contributed by atoms with E-state index in [0.717, 1.165) is 36.9 Å². The van der Waals surface area contributed by atoms with Crippen LogP contribution in [0.1, 0.15) is 45.1 Å². The van der Waals surface area contributed by atoms with E-state index >= 15 is 0 Å². The Morgan fingerprint density at radius 1 is 1.30 bits per heavy atom. The van der Waals surface area contributed by atoms with Crippen LogP contribution in [0.5, 0.6) is 0 Å². The smallest absolute Gasteiger partial charge is 0.227 e. The monoisotopic (exact) mass is 314 g/mol. The summed E-state index contributed by atoms with van der Waals surface area (Å²) < 4.78 is 0. The van der Waals surface area contributed by atoms with Gasteiger partial charge in [-0.25, -0.2) is 0 Å². The summed E-state index contributed by atoms with van der Waals surface area (Å²) in [6.07, 6.45) is 7.77. The lowest BCUT2D eigenvalue weighted by Gasteiger charge is -2.17. The van der Waals surface area contributed by atoms with Gasteiger partial charge in [0.1, 0.15) is 0 Å². The molecule has 1 aromatic rings. The topological polar surface area (TPSA) is 58.2 Å². The molecule has 2 N–H and O–H groups in total. The van der Waals surface area contributed by atoms with E-state index in [1.54, 1.807) is 0 Å². The van der Waals surface area contributed by atoms with Crippen molar-refractivity contribution >= 4 is 17.5 Å². The third-order valence-corrected chi connectivity index (χ3v) is 4.36. The van der Waals surface area contributed by atoms with E-state index in [1.807, 2.05) is 38.1 Å². The standard InChI is InChI=1S/C19H26N2O2/c1-3-14(2)18(22)21-17-11-7-8-15(12-17)13-20-19(23)16-9-5-4-6-10-16/h4-5,7-8,11-12,14,16H,3,6,9-10,13H2,1-2H3,(H,20,23)(H,21,22)/t14-,16-/m0/s1. The van der Waals surface area contributed by atoms with Crippen LogP contribution in [0.2, 0.25) is 0 Å². The molecule has 0 radical (unpaired) electrons. The second-order valence-electron chi connectivity index (χ2n) is 6.20. The second kappa shape index (κ2) is 8.51. The van der Waals surface area contributed by atoms with Crippen molar-refractivity contribution in [2.24, 2.45) is 11.8 Å². The van der Waals surface area contributed by atoms with Gasteiger partial charge in [-0.15, -0.1) is 0 Å². The van der Waals surface area contributed by atoms with Crippen LogP contribution in [0.4, 0.5) is 5.69 Å². The lowest BCUT2D eigenvalue weighted by Crippen LogP contribution is -2.30. The van der Waals surface area contributed by atoms with Crippen molar-refractivity contribution in [3.63, 3.8) is 0 Å². The Labute approximate surface area is 138 Å². The van der Waals surface area contributed by atoms with E-state index in [4.69, 9.17) is 0 Å². The summed E-state index contributed by atoms with van der Waals surface area (Å²) in [6, 6.07) is 7.65. The normalized spacial score (nSPS) is 18.3. The molecule has 0 saturated heterocycles. The minimum absolute atomic E-state index is 0.00212. The van der Waals surface area contributed by atoms with Gasteiger partial charge < -0.3 is 10.6 Å². The molecule has 1 aromatic carbocycles. The minimum Gasteiger partial charge on any atom is -0.352 e. The Morgan fingerprint density at radius 3 is 2.83 bits per heavy atom. The summed E-state index contributed by atoms with van der Waals surface area (Å²) in [5.74, 6) is 0.233. The highest BCUT2D eigenvalue weighted by molar-refractivity contribution is 5.92. The number of benzene rings is 1. The second-order valence-corrected chi connectivity index (χ2v) is 6.20. The zero-order valence-electron chi connectivity index (χ0n) is 14.0. The quantitative estimate of drug-likeness (QED) is 0.788. The van der Waals surface area contributed by atoms with Crippen molar-refractivity contribution in [1.29, 1.82) is 0 Å². The van der Waals surface area contributed by atoms with Crippen molar-refractivity contribution in [1.82, 2.24) is 5.32 Å². The molecule has 2 amide bonds. The first-order chi connectivity index (χ1) is 11.1. The Balaban J connectivity index is 1.88. The van der Waals surface area contributed by atoms with Crippen molar-refractivity contribution in [3.8, 4) is 0 Å². The summed E-state index contributed by atoms with van der Waals surface area (Å²) in [5, 5.41) is 5.92. The number of allylic oxidation sites excluding steroid dienone is 2. The van der Waals surface area contributed by atoms with Crippen LogP contribution < -0.4 is 10.6 Å². The van der Waals surface area contributed by atoms with Crippen LogP contribution in [-0.4, -0.2) is 11.8 Å². The maximum atomic E-state index is 12.1. The summed E-state index contributed by atoms with van der Waals surface area (Å²) in [7, 11) is 0. The zero-order valence-corrected chi connectivity index (χ0v) is 14.0. The van der Waals surface area contributed by atoms with Gasteiger partial charge in [-0.3, -0.25) is 9.59 Å². The molecular weight excluding hydrogens is 288 g/mol. The number of carbonyl (C=O) groups excluding carboxylic acids is 2. The fraction of sp³-hybridized carbons (Fsp3) is 0.474. The third-order valence-electron chi connectivity index (χ3n) is 4.36. The minimum atomic E-state index is -0.00212. The van der Waals surface area contributed by atoms with Gasteiger partial charge in [-0.05, 0) is 43.4 Å². The third kappa shape index (κ3) is 5.23. The van der Waals surface area contributed by atoms with E-state index in [1.165, 1.54) is 0 Å². The molecule has 2 atom stereocenters. The van der Waals surface area contributed by atoms with Crippen LogP contribution in [0, 0.1) is 11.8 Å². The molecule has 4 heteroatoms. The van der Waals surface area contributed by atoms with Crippen LogP contribution in [0.3, 0.4) is 0 Å². The maximum Gasteiger partial charge on any atom is 0.227 e. The van der Waals surface area contributed by atoms with E-state index in [2.05, 4.69) is 22.8 Å². The van der Waals surface area contributed by atoms with Crippen LogP contribution >= 0.6 is 0 Å². The number of anilines is 1. The molecule has 23 heavy (non-hydrogen) atoms. The molecule has 1 aliphatic carbocycles. The number of rotatable bonds is 6. The highest BCUT2D eigenvalue weighted by atomic mass is 16.2. The molecule has 0 heterocycles. The van der Waals surface area contributed by atoms with Gasteiger partial charge in [-0.1, -0.05) is 38.1 Å². The maximum absolute atomic E-state index is 12.1. The first-order valence-corrected chi connectivity index (χ1v) is 8.42. The van der Waals surface area contributed by atoms with Crippen LogP contribution in [0.15, 0.2) is 36.4 Å². The molecule has 0 spiro atoms. The number of hydrogen-bond donors (Lipinski definition) is 2. The average molecular weight is 314 g/mol. The summed E-state index contributed by atoms with van der Waals surface area (Å²) in [6.45, 7) is 4.40. The number of nitrogens with one attached hydrogen (secondary N) is 2. The van der Waals surface area contributed by atoms with Crippen molar-refractivity contribution in [2.45, 2.75) is 46.1 Å². The van der Waals surface area contributed by atoms with E-state index in [9.17, 15) is 9.59 Å². The molecule has 124 valence electrons. The molecule has 0 aromatic heterocycles. The highest BCUT2D eigenvalue weighted by Crippen LogP contribution is 2.18. The van der Waals surface area contributed by atoms with Gasteiger partial charge in [0.15, 0.2) is 0 Å². The molecule has 2 rings (SSSR count). The highest BCUT2D eigenvalue weighted by Gasteiger charge is 2.18. The molecule has 1 aliphatic rings. The molecule has 4 nitrogen and oxygen atoms in total. The van der Waals surface area contributed by atoms with Gasteiger partial charge in [-0.2, -0.15) is 0 Å². The molecule has 0 aliphatic heterocycles. The average Bonchev–Trinajstić information content (AvgIpc) is 2.60. The zero-order chi connectivity index (χ0) is 16.7. The number of hydrogen-bond acceptors (Lipinski definition) is 2. The Hall–Kier alpha value is -2.10. The molecule has 0 unspecified atom stereocenters. The van der Waals surface area contributed by atoms with Crippen LogP contribution in [-0.2, 0) is 16.1 Å². The van der Waals surface area contributed by atoms with Gasteiger partial charge in [0.25, 0.3) is 0 Å². The Morgan fingerprint density at radius 2 is 2.13 bits per heavy atom. The molecule has 0 bridgehead atoms. The first-order valence-electron chi connectivity index (χ1n) is 8.42. The van der Waals surface area contributed by atoms with E-state index in [-0.39, 0.29) is 23.7 Å². The summed E-state index contributed by atoms with van der Waals surface area (Å²) in [4.78, 5) is 24.1. The van der Waals surface area contributed by atoms with Gasteiger partial charge in [0.2, 0.25) is 11.8 Å². The fourth-order valence-electron chi connectivity index (χ4n) is 2.58. The first kappa shape index (κ1) is 17.3. The van der Waals surface area contributed by atoms with Crippen molar-refractivity contribution in [3.05, 3.63) is 42.0 Å². The molecular formula is C19H26N2O2. The lowest BCUT2D eigenvalue weighted by atomic mass is 9.93. The number of amides is 2. The Bertz CT molecular complexity index is 580.